The van der Waals surface area contributed by atoms with Crippen molar-refractivity contribution in [3.05, 3.63) is 80.9 Å². The number of aryl methyl sites for hydroxylation is 1. The molecule has 1 heterocycles. The standard InChI is InChI=1S/C18H17BrN2OS/c1-20-9-10-21(18(20)22)15-6-5-14(17(19)12-15)11-13-3-7-16(23-2)8-4-13/h3-10,12H,11H2,1-2H3. The van der Waals surface area contributed by atoms with Gasteiger partial charge < -0.3 is 4.57 Å². The van der Waals surface area contributed by atoms with Crippen LogP contribution in [0.5, 0.6) is 0 Å². The average molecular weight is 389 g/mol. The molecule has 0 spiro atoms. The van der Waals surface area contributed by atoms with Gasteiger partial charge in [0.05, 0.1) is 5.69 Å². The van der Waals surface area contributed by atoms with Gasteiger partial charge in [-0.3, -0.25) is 4.57 Å². The van der Waals surface area contributed by atoms with Crippen LogP contribution in [-0.4, -0.2) is 15.4 Å². The predicted octanol–water partition coefficient (Wildman–Crippen LogP) is 4.25. The van der Waals surface area contributed by atoms with Crippen molar-refractivity contribution in [1.82, 2.24) is 9.13 Å². The van der Waals surface area contributed by atoms with Crippen LogP contribution in [-0.2, 0) is 13.5 Å². The Morgan fingerprint density at radius 1 is 1.09 bits per heavy atom. The van der Waals surface area contributed by atoms with Crippen LogP contribution in [0.2, 0.25) is 0 Å². The molecule has 0 aliphatic rings. The number of hydrogen-bond donors (Lipinski definition) is 0. The number of benzene rings is 2. The minimum Gasteiger partial charge on any atom is -0.302 e. The second-order valence-corrected chi connectivity index (χ2v) is 7.10. The van der Waals surface area contributed by atoms with Crippen LogP contribution in [0.3, 0.4) is 0 Å². The fourth-order valence-electron chi connectivity index (χ4n) is 2.45. The molecular formula is C18H17BrN2OS. The third-order valence-electron chi connectivity index (χ3n) is 3.82. The van der Waals surface area contributed by atoms with Crippen LogP contribution in [0, 0.1) is 0 Å². The molecule has 1 aromatic heterocycles. The van der Waals surface area contributed by atoms with Crippen LogP contribution in [0.15, 0.2) is 69.0 Å². The Morgan fingerprint density at radius 3 is 2.39 bits per heavy atom. The molecule has 3 aromatic rings. The summed E-state index contributed by atoms with van der Waals surface area (Å²) < 4.78 is 4.22. The summed E-state index contributed by atoms with van der Waals surface area (Å²) in [5, 5.41) is 0. The summed E-state index contributed by atoms with van der Waals surface area (Å²) in [6.07, 6.45) is 6.48. The Morgan fingerprint density at radius 2 is 1.83 bits per heavy atom. The first-order valence-electron chi connectivity index (χ1n) is 7.24. The minimum atomic E-state index is -0.0442. The van der Waals surface area contributed by atoms with E-state index in [1.807, 2.05) is 12.1 Å². The van der Waals surface area contributed by atoms with E-state index < -0.39 is 0 Å². The van der Waals surface area contributed by atoms with Crippen molar-refractivity contribution in [3.63, 3.8) is 0 Å². The Labute approximate surface area is 148 Å². The van der Waals surface area contributed by atoms with E-state index in [-0.39, 0.29) is 5.69 Å². The monoisotopic (exact) mass is 388 g/mol. The third kappa shape index (κ3) is 3.46. The smallest absolute Gasteiger partial charge is 0.302 e. The fraction of sp³-hybridized carbons (Fsp3) is 0.167. The van der Waals surface area contributed by atoms with E-state index in [9.17, 15) is 4.79 Å². The van der Waals surface area contributed by atoms with Gasteiger partial charge >= 0.3 is 5.69 Å². The highest BCUT2D eigenvalue weighted by Gasteiger charge is 2.07. The second kappa shape index (κ2) is 6.81. The lowest BCUT2D eigenvalue weighted by Gasteiger charge is -2.08. The highest BCUT2D eigenvalue weighted by molar-refractivity contribution is 9.10. The van der Waals surface area contributed by atoms with Gasteiger partial charge in [-0.05, 0) is 48.1 Å². The van der Waals surface area contributed by atoms with Crippen molar-refractivity contribution in [2.45, 2.75) is 11.3 Å². The van der Waals surface area contributed by atoms with Gasteiger partial charge in [-0.25, -0.2) is 4.79 Å². The number of rotatable bonds is 4. The second-order valence-electron chi connectivity index (χ2n) is 5.36. The summed E-state index contributed by atoms with van der Waals surface area (Å²) in [5.41, 5.74) is 3.30. The first-order valence-corrected chi connectivity index (χ1v) is 9.26. The number of thioether (sulfide) groups is 1. The normalized spacial score (nSPS) is 10.9. The molecule has 5 heteroatoms. The van der Waals surface area contributed by atoms with Crippen LogP contribution >= 0.6 is 27.7 Å². The molecule has 0 aliphatic heterocycles. The van der Waals surface area contributed by atoms with Gasteiger partial charge in [0.15, 0.2) is 0 Å². The molecule has 3 nitrogen and oxygen atoms in total. The first kappa shape index (κ1) is 16.1. The molecule has 0 unspecified atom stereocenters. The SMILES string of the molecule is CSc1ccc(Cc2ccc(-n3ccn(C)c3=O)cc2Br)cc1. The lowest BCUT2D eigenvalue weighted by atomic mass is 10.0. The van der Waals surface area contributed by atoms with Gasteiger partial charge in [0, 0.05) is 28.8 Å². The molecule has 23 heavy (non-hydrogen) atoms. The summed E-state index contributed by atoms with van der Waals surface area (Å²) in [6, 6.07) is 14.7. The zero-order chi connectivity index (χ0) is 16.4. The van der Waals surface area contributed by atoms with Crippen molar-refractivity contribution in [2.75, 3.05) is 6.26 Å². The zero-order valence-corrected chi connectivity index (χ0v) is 15.4. The third-order valence-corrected chi connectivity index (χ3v) is 5.30. The quantitative estimate of drug-likeness (QED) is 0.624. The average Bonchev–Trinajstić information content (AvgIpc) is 2.90. The van der Waals surface area contributed by atoms with Crippen LogP contribution in [0.1, 0.15) is 11.1 Å². The molecule has 0 saturated heterocycles. The molecule has 2 aromatic carbocycles. The summed E-state index contributed by atoms with van der Waals surface area (Å²) in [7, 11) is 1.75. The van der Waals surface area contributed by atoms with Gasteiger partial charge in [-0.15, -0.1) is 11.8 Å². The van der Waals surface area contributed by atoms with Crippen molar-refractivity contribution < 1.29 is 0 Å². The van der Waals surface area contributed by atoms with Crippen molar-refractivity contribution in [3.8, 4) is 5.69 Å². The number of imidazole rings is 1. The Hall–Kier alpha value is -1.72. The minimum absolute atomic E-state index is 0.0442. The Balaban J connectivity index is 1.87. The molecule has 0 aliphatic carbocycles. The molecule has 0 fully saturated rings. The Bertz CT molecular complexity index is 881. The maximum absolute atomic E-state index is 12.0. The lowest BCUT2D eigenvalue weighted by Crippen LogP contribution is -2.20. The maximum atomic E-state index is 12.0. The van der Waals surface area contributed by atoms with Crippen molar-refractivity contribution in [1.29, 1.82) is 0 Å². The number of halogens is 1. The molecule has 0 radical (unpaired) electrons. The van der Waals surface area contributed by atoms with E-state index >= 15 is 0 Å². The predicted molar refractivity (Wildman–Crippen MR) is 99.7 cm³/mol. The molecule has 3 rings (SSSR count). The van der Waals surface area contributed by atoms with Gasteiger partial charge in [0.1, 0.15) is 0 Å². The Kier molecular flexibility index (Phi) is 4.78. The summed E-state index contributed by atoms with van der Waals surface area (Å²) in [4.78, 5) is 13.3. The zero-order valence-electron chi connectivity index (χ0n) is 13.0. The molecule has 0 atom stereocenters. The molecule has 0 N–H and O–H groups in total. The first-order chi connectivity index (χ1) is 11.1. The highest BCUT2D eigenvalue weighted by atomic mass is 79.9. The number of nitrogens with zero attached hydrogens (tertiary/aromatic N) is 2. The summed E-state index contributed by atoms with van der Waals surface area (Å²) in [6.45, 7) is 0. The number of hydrogen-bond acceptors (Lipinski definition) is 2. The van der Waals surface area contributed by atoms with Gasteiger partial charge in [0.25, 0.3) is 0 Å². The van der Waals surface area contributed by atoms with Crippen LogP contribution < -0.4 is 5.69 Å². The van der Waals surface area contributed by atoms with E-state index in [1.165, 1.54) is 16.0 Å². The van der Waals surface area contributed by atoms with Gasteiger partial charge in [0.2, 0.25) is 0 Å². The van der Waals surface area contributed by atoms with E-state index in [0.717, 1.165) is 16.6 Å². The molecule has 118 valence electrons. The maximum Gasteiger partial charge on any atom is 0.332 e. The molecule has 0 saturated carbocycles. The van der Waals surface area contributed by atoms with Crippen LogP contribution in [0.25, 0.3) is 5.69 Å². The van der Waals surface area contributed by atoms with Crippen molar-refractivity contribution >= 4 is 27.7 Å². The largest absolute Gasteiger partial charge is 0.332 e. The van der Waals surface area contributed by atoms with E-state index in [0.29, 0.717) is 0 Å². The van der Waals surface area contributed by atoms with Gasteiger partial charge in [-0.1, -0.05) is 34.1 Å². The molecule has 0 bridgehead atoms. The fourth-order valence-corrected chi connectivity index (χ4v) is 3.37. The van der Waals surface area contributed by atoms with E-state index in [4.69, 9.17) is 0 Å². The summed E-state index contributed by atoms with van der Waals surface area (Å²) >= 11 is 5.38. The molecular weight excluding hydrogens is 372 g/mol. The van der Waals surface area contributed by atoms with E-state index in [1.54, 1.807) is 40.3 Å². The highest BCUT2D eigenvalue weighted by Crippen LogP contribution is 2.24. The van der Waals surface area contributed by atoms with Gasteiger partial charge in [-0.2, -0.15) is 0 Å². The van der Waals surface area contributed by atoms with Crippen LogP contribution in [0.4, 0.5) is 0 Å². The molecule has 0 amide bonds. The van der Waals surface area contributed by atoms with E-state index in [2.05, 4.69) is 52.5 Å². The van der Waals surface area contributed by atoms with Crippen molar-refractivity contribution in [2.24, 2.45) is 7.05 Å². The summed E-state index contributed by atoms with van der Waals surface area (Å²) in [5.74, 6) is 0. The number of aromatic nitrogens is 2. The lowest BCUT2D eigenvalue weighted by molar-refractivity contribution is 0.823. The topological polar surface area (TPSA) is 26.9 Å².